The third-order valence-electron chi connectivity index (χ3n) is 3.83. The number of nitrogens with two attached hydrogens (primary N) is 1. The number of hydrogen-bond donors (Lipinski definition) is 1. The number of benzene rings is 1. The van der Waals surface area contributed by atoms with E-state index in [4.69, 9.17) is 5.73 Å². The smallest absolute Gasteiger partial charge is 0.248 e. The van der Waals surface area contributed by atoms with Crippen molar-refractivity contribution in [2.45, 2.75) is 44.1 Å². The zero-order chi connectivity index (χ0) is 14.0. The number of hydrogen-bond acceptors (Lipinski definition) is 1. The van der Waals surface area contributed by atoms with Crippen molar-refractivity contribution in [3.63, 3.8) is 0 Å². The lowest BCUT2D eigenvalue weighted by Crippen LogP contribution is -2.37. The fraction of sp³-hybridized carbons (Fsp3) is 0.571. The SMILES string of the molecule is NC(Cc1cc(Br)ccc1F)C1CCC(F)(F)CC1. The maximum absolute atomic E-state index is 13.6. The minimum atomic E-state index is -2.54. The molecular weight excluding hydrogens is 319 g/mol. The van der Waals surface area contributed by atoms with Gasteiger partial charge in [0, 0.05) is 23.4 Å². The maximum atomic E-state index is 13.6. The summed E-state index contributed by atoms with van der Waals surface area (Å²) in [5.74, 6) is -2.78. The summed E-state index contributed by atoms with van der Waals surface area (Å²) < 4.78 is 40.6. The molecule has 0 bridgehead atoms. The molecule has 1 saturated carbocycles. The lowest BCUT2D eigenvalue weighted by molar-refractivity contribution is -0.0481. The van der Waals surface area contributed by atoms with Gasteiger partial charge in [0.2, 0.25) is 5.92 Å². The highest BCUT2D eigenvalue weighted by Gasteiger charge is 2.36. The average Bonchev–Trinajstić information content (AvgIpc) is 2.33. The Balaban J connectivity index is 1.98. The van der Waals surface area contributed by atoms with Crippen molar-refractivity contribution in [1.29, 1.82) is 0 Å². The number of alkyl halides is 2. The van der Waals surface area contributed by atoms with Crippen LogP contribution in [0.4, 0.5) is 13.2 Å². The van der Waals surface area contributed by atoms with Crippen molar-refractivity contribution < 1.29 is 13.2 Å². The Morgan fingerprint density at radius 3 is 2.58 bits per heavy atom. The van der Waals surface area contributed by atoms with E-state index in [1.54, 1.807) is 12.1 Å². The predicted octanol–water partition coefficient (Wildman–Crippen LogP) is 4.28. The Bertz CT molecular complexity index is 440. The quantitative estimate of drug-likeness (QED) is 0.876. The largest absolute Gasteiger partial charge is 0.327 e. The first-order chi connectivity index (χ1) is 8.87. The second kappa shape index (κ2) is 5.83. The lowest BCUT2D eigenvalue weighted by Gasteiger charge is -2.32. The fourth-order valence-corrected chi connectivity index (χ4v) is 3.02. The monoisotopic (exact) mass is 335 g/mol. The van der Waals surface area contributed by atoms with Crippen molar-refractivity contribution in [3.05, 3.63) is 34.1 Å². The van der Waals surface area contributed by atoms with Gasteiger partial charge in [-0.2, -0.15) is 0 Å². The molecule has 0 heterocycles. The summed E-state index contributed by atoms with van der Waals surface area (Å²) in [4.78, 5) is 0. The molecule has 1 nitrogen and oxygen atoms in total. The van der Waals surface area contributed by atoms with E-state index in [1.807, 2.05) is 0 Å². The summed E-state index contributed by atoms with van der Waals surface area (Å²) in [7, 11) is 0. The third-order valence-corrected chi connectivity index (χ3v) is 4.32. The van der Waals surface area contributed by atoms with Crippen LogP contribution in [0.15, 0.2) is 22.7 Å². The van der Waals surface area contributed by atoms with Crippen molar-refractivity contribution >= 4 is 15.9 Å². The van der Waals surface area contributed by atoms with Crippen LogP contribution in [0.25, 0.3) is 0 Å². The summed E-state index contributed by atoms with van der Waals surface area (Å²) in [6.45, 7) is 0. The van der Waals surface area contributed by atoms with Gasteiger partial charge in [-0.15, -0.1) is 0 Å². The maximum Gasteiger partial charge on any atom is 0.248 e. The normalized spacial score (nSPS) is 21.3. The van der Waals surface area contributed by atoms with Gasteiger partial charge < -0.3 is 5.73 Å². The molecule has 0 amide bonds. The second-order valence-electron chi connectivity index (χ2n) is 5.30. The molecule has 2 N–H and O–H groups in total. The molecule has 0 aliphatic heterocycles. The Kier molecular flexibility index (Phi) is 4.56. The molecule has 0 saturated heterocycles. The van der Waals surface area contributed by atoms with Gasteiger partial charge in [-0.25, -0.2) is 13.2 Å². The number of rotatable bonds is 3. The van der Waals surface area contributed by atoms with E-state index in [0.29, 0.717) is 24.8 Å². The first-order valence-corrected chi connectivity index (χ1v) is 7.24. The van der Waals surface area contributed by atoms with Gasteiger partial charge in [-0.1, -0.05) is 15.9 Å². The molecule has 1 aromatic carbocycles. The van der Waals surface area contributed by atoms with Crippen LogP contribution >= 0.6 is 15.9 Å². The van der Waals surface area contributed by atoms with E-state index in [9.17, 15) is 13.2 Å². The van der Waals surface area contributed by atoms with Gasteiger partial charge in [0.05, 0.1) is 0 Å². The summed E-state index contributed by atoms with van der Waals surface area (Å²) in [6.07, 6.45) is 1.02. The molecule has 5 heteroatoms. The standard InChI is InChI=1S/C14H17BrF3N/c15-11-1-2-12(16)10(7-11)8-13(19)9-3-5-14(17,18)6-4-9/h1-2,7,9,13H,3-6,8,19H2. The Hall–Kier alpha value is -0.550. The summed E-state index contributed by atoms with van der Waals surface area (Å²) in [6, 6.07) is 4.46. The van der Waals surface area contributed by atoms with Gasteiger partial charge in [0.15, 0.2) is 0 Å². The molecule has 1 atom stereocenters. The van der Waals surface area contributed by atoms with Crippen LogP contribution in [-0.4, -0.2) is 12.0 Å². The van der Waals surface area contributed by atoms with Crippen LogP contribution in [0.2, 0.25) is 0 Å². The molecule has 0 spiro atoms. The second-order valence-corrected chi connectivity index (χ2v) is 6.21. The van der Waals surface area contributed by atoms with Gasteiger partial charge >= 0.3 is 0 Å². The highest BCUT2D eigenvalue weighted by molar-refractivity contribution is 9.10. The highest BCUT2D eigenvalue weighted by atomic mass is 79.9. The minimum Gasteiger partial charge on any atom is -0.327 e. The van der Waals surface area contributed by atoms with Crippen molar-refractivity contribution in [2.24, 2.45) is 11.7 Å². The van der Waals surface area contributed by atoms with E-state index in [0.717, 1.165) is 4.47 Å². The molecule has 0 aromatic heterocycles. The Morgan fingerprint density at radius 1 is 1.32 bits per heavy atom. The Morgan fingerprint density at radius 2 is 1.95 bits per heavy atom. The van der Waals surface area contributed by atoms with Crippen LogP contribution in [0, 0.1) is 11.7 Å². The van der Waals surface area contributed by atoms with Crippen molar-refractivity contribution in [3.8, 4) is 0 Å². The third kappa shape index (κ3) is 3.96. The predicted molar refractivity (Wildman–Crippen MR) is 72.7 cm³/mol. The summed E-state index contributed by atoms with van der Waals surface area (Å²) in [5, 5.41) is 0. The van der Waals surface area contributed by atoms with Gasteiger partial charge in [0.1, 0.15) is 5.82 Å². The zero-order valence-electron chi connectivity index (χ0n) is 10.5. The van der Waals surface area contributed by atoms with Gasteiger partial charge in [-0.3, -0.25) is 0 Å². The van der Waals surface area contributed by atoms with E-state index >= 15 is 0 Å². The van der Waals surface area contributed by atoms with E-state index in [1.165, 1.54) is 6.07 Å². The van der Waals surface area contributed by atoms with Crippen molar-refractivity contribution in [2.75, 3.05) is 0 Å². The molecule has 1 unspecified atom stereocenters. The van der Waals surface area contributed by atoms with Crippen molar-refractivity contribution in [1.82, 2.24) is 0 Å². The number of halogens is 4. The molecule has 1 aliphatic carbocycles. The topological polar surface area (TPSA) is 26.0 Å². The molecule has 1 fully saturated rings. The molecule has 1 aromatic rings. The van der Waals surface area contributed by atoms with Gasteiger partial charge in [-0.05, 0) is 48.9 Å². The van der Waals surface area contributed by atoms with Crippen LogP contribution < -0.4 is 5.73 Å². The van der Waals surface area contributed by atoms with Gasteiger partial charge in [0.25, 0.3) is 0 Å². The zero-order valence-corrected chi connectivity index (χ0v) is 12.1. The molecule has 106 valence electrons. The van der Waals surface area contributed by atoms with Crippen LogP contribution in [0.3, 0.4) is 0 Å². The highest BCUT2D eigenvalue weighted by Crippen LogP contribution is 2.37. The fourth-order valence-electron chi connectivity index (χ4n) is 2.61. The Labute approximate surface area is 119 Å². The molecule has 19 heavy (non-hydrogen) atoms. The van der Waals surface area contributed by atoms with Crippen LogP contribution in [0.1, 0.15) is 31.2 Å². The van der Waals surface area contributed by atoms with Crippen LogP contribution in [-0.2, 0) is 6.42 Å². The lowest BCUT2D eigenvalue weighted by atomic mass is 9.80. The van der Waals surface area contributed by atoms with Crippen LogP contribution in [0.5, 0.6) is 0 Å². The summed E-state index contributed by atoms with van der Waals surface area (Å²) in [5.41, 5.74) is 6.60. The average molecular weight is 336 g/mol. The van der Waals surface area contributed by atoms with E-state index < -0.39 is 5.92 Å². The summed E-state index contributed by atoms with van der Waals surface area (Å²) >= 11 is 3.29. The first-order valence-electron chi connectivity index (χ1n) is 6.45. The first kappa shape index (κ1) is 14.9. The molecule has 0 radical (unpaired) electrons. The minimum absolute atomic E-state index is 0.0537. The molecule has 2 rings (SSSR count). The molecule has 1 aliphatic rings. The van der Waals surface area contributed by atoms with E-state index in [-0.39, 0.29) is 30.6 Å². The molecular formula is C14H17BrF3N. The van der Waals surface area contributed by atoms with E-state index in [2.05, 4.69) is 15.9 Å².